The first-order valence-corrected chi connectivity index (χ1v) is 5.54. The van der Waals surface area contributed by atoms with Crippen LogP contribution in [-0.2, 0) is 0 Å². The van der Waals surface area contributed by atoms with E-state index in [1.54, 1.807) is 0 Å². The molecule has 8 heteroatoms. The number of benzene rings is 1. The minimum absolute atomic E-state index is 0.0174. The van der Waals surface area contributed by atoms with Crippen molar-refractivity contribution >= 4 is 29.0 Å². The maximum absolute atomic E-state index is 13.2. The van der Waals surface area contributed by atoms with Crippen LogP contribution in [0.15, 0.2) is 30.3 Å². The lowest BCUT2D eigenvalue weighted by molar-refractivity contribution is 0.102. The second-order valence-electron chi connectivity index (χ2n) is 3.53. The number of carbonyl (C=O) groups is 1. The number of anilines is 2. The summed E-state index contributed by atoms with van der Waals surface area (Å²) in [5.74, 6) is 4.32. The number of aromatic nitrogens is 2. The van der Waals surface area contributed by atoms with E-state index in [9.17, 15) is 9.18 Å². The lowest BCUT2D eigenvalue weighted by Crippen LogP contribution is -2.16. The number of hydrazine groups is 1. The van der Waals surface area contributed by atoms with Crippen molar-refractivity contribution in [3.63, 3.8) is 0 Å². The Kier molecular flexibility index (Phi) is 3.88. The van der Waals surface area contributed by atoms with Gasteiger partial charge in [-0.1, -0.05) is 11.6 Å². The number of nitrogens with zero attached hydrogens (tertiary/aromatic N) is 2. The first-order valence-electron chi connectivity index (χ1n) is 5.17. The molecular formula is C11H9ClFN5O. The molecule has 2 aromatic rings. The molecule has 1 heterocycles. The van der Waals surface area contributed by atoms with Crippen LogP contribution in [-0.4, -0.2) is 16.1 Å². The average molecular weight is 282 g/mol. The zero-order chi connectivity index (χ0) is 13.8. The van der Waals surface area contributed by atoms with E-state index < -0.39 is 11.7 Å². The lowest BCUT2D eigenvalue weighted by atomic mass is 10.3. The largest absolute Gasteiger partial charge is 0.320 e. The van der Waals surface area contributed by atoms with E-state index in [-0.39, 0.29) is 16.4 Å². The topological polar surface area (TPSA) is 92.9 Å². The third kappa shape index (κ3) is 3.15. The van der Waals surface area contributed by atoms with Gasteiger partial charge < -0.3 is 10.7 Å². The van der Waals surface area contributed by atoms with Crippen LogP contribution in [0.4, 0.5) is 15.9 Å². The fraction of sp³-hybridized carbons (Fsp3) is 0. The number of halogens is 2. The first-order chi connectivity index (χ1) is 9.10. The van der Waals surface area contributed by atoms with Gasteiger partial charge in [-0.05, 0) is 30.3 Å². The lowest BCUT2D eigenvalue weighted by Gasteiger charge is -2.05. The zero-order valence-corrected chi connectivity index (χ0v) is 10.3. The van der Waals surface area contributed by atoms with Gasteiger partial charge in [-0.3, -0.25) is 4.79 Å². The molecule has 98 valence electrons. The number of hydrogen-bond donors (Lipinski definition) is 3. The van der Waals surface area contributed by atoms with Crippen molar-refractivity contribution in [2.75, 3.05) is 10.7 Å². The minimum Gasteiger partial charge on any atom is -0.320 e. The van der Waals surface area contributed by atoms with Crippen molar-refractivity contribution in [1.29, 1.82) is 0 Å². The number of nitrogens with two attached hydrogens (primary N) is 1. The molecule has 4 N–H and O–H groups in total. The molecule has 0 unspecified atom stereocenters. The highest BCUT2D eigenvalue weighted by molar-refractivity contribution is 6.30. The second kappa shape index (κ2) is 5.59. The van der Waals surface area contributed by atoms with E-state index >= 15 is 0 Å². The van der Waals surface area contributed by atoms with Crippen LogP contribution in [0, 0.1) is 5.82 Å². The smallest absolute Gasteiger partial charge is 0.276 e. The summed E-state index contributed by atoms with van der Waals surface area (Å²) in [4.78, 5) is 11.8. The van der Waals surface area contributed by atoms with Gasteiger partial charge in [0.15, 0.2) is 11.5 Å². The molecular weight excluding hydrogens is 273 g/mol. The molecule has 0 aliphatic heterocycles. The highest BCUT2D eigenvalue weighted by Crippen LogP contribution is 2.19. The van der Waals surface area contributed by atoms with E-state index in [1.165, 1.54) is 24.3 Å². The first kappa shape index (κ1) is 13.2. The molecule has 0 fully saturated rings. The van der Waals surface area contributed by atoms with Crippen molar-refractivity contribution in [2.24, 2.45) is 5.84 Å². The highest BCUT2D eigenvalue weighted by atomic mass is 35.5. The van der Waals surface area contributed by atoms with Gasteiger partial charge in [0, 0.05) is 5.69 Å². The van der Waals surface area contributed by atoms with Gasteiger partial charge in [0.05, 0.1) is 5.02 Å². The molecule has 0 spiro atoms. The number of amides is 1. The molecule has 1 aromatic heterocycles. The average Bonchev–Trinajstić information content (AvgIpc) is 2.43. The fourth-order valence-electron chi connectivity index (χ4n) is 1.30. The SMILES string of the molecule is NNc1ccc(C(=O)Nc2ccc(Cl)c(F)c2)nn1. The fourth-order valence-corrected chi connectivity index (χ4v) is 1.42. The number of carbonyl (C=O) groups excluding carboxylic acids is 1. The molecule has 0 saturated carbocycles. The maximum atomic E-state index is 13.2. The summed E-state index contributed by atoms with van der Waals surface area (Å²) in [6.45, 7) is 0. The van der Waals surface area contributed by atoms with Crippen LogP contribution in [0.5, 0.6) is 0 Å². The Labute approximate surface area is 112 Å². The molecule has 0 aliphatic rings. The molecule has 0 atom stereocenters. The Hall–Kier alpha value is -2.25. The van der Waals surface area contributed by atoms with Gasteiger partial charge in [0.1, 0.15) is 5.82 Å². The summed E-state index contributed by atoms with van der Waals surface area (Å²) in [5.41, 5.74) is 2.64. The molecule has 1 amide bonds. The van der Waals surface area contributed by atoms with E-state index in [0.717, 1.165) is 6.07 Å². The van der Waals surface area contributed by atoms with Crippen molar-refractivity contribution < 1.29 is 9.18 Å². The monoisotopic (exact) mass is 281 g/mol. The molecule has 0 radical (unpaired) electrons. The standard InChI is InChI=1S/C11H9ClFN5O/c12-7-2-1-6(5-8(7)13)15-11(19)9-3-4-10(16-14)18-17-9/h1-5H,14H2,(H,15,19)(H,16,18). The van der Waals surface area contributed by atoms with E-state index in [1.807, 2.05) is 0 Å². The quantitative estimate of drug-likeness (QED) is 0.589. The summed E-state index contributed by atoms with van der Waals surface area (Å²) in [5, 5.41) is 9.77. The van der Waals surface area contributed by atoms with Gasteiger partial charge in [-0.2, -0.15) is 0 Å². The third-order valence-corrected chi connectivity index (χ3v) is 2.53. The van der Waals surface area contributed by atoms with Crippen LogP contribution in [0.25, 0.3) is 0 Å². The van der Waals surface area contributed by atoms with Gasteiger partial charge >= 0.3 is 0 Å². The number of rotatable bonds is 3. The van der Waals surface area contributed by atoms with Gasteiger partial charge in [0.2, 0.25) is 0 Å². The van der Waals surface area contributed by atoms with E-state index in [4.69, 9.17) is 17.4 Å². The predicted molar refractivity (Wildman–Crippen MR) is 69.2 cm³/mol. The van der Waals surface area contributed by atoms with Crippen LogP contribution in [0.2, 0.25) is 5.02 Å². The summed E-state index contributed by atoms with van der Waals surface area (Å²) in [6, 6.07) is 6.86. The van der Waals surface area contributed by atoms with Crippen LogP contribution < -0.4 is 16.6 Å². The minimum atomic E-state index is -0.617. The van der Waals surface area contributed by atoms with Crippen LogP contribution >= 0.6 is 11.6 Å². The van der Waals surface area contributed by atoms with Crippen molar-refractivity contribution in [2.45, 2.75) is 0 Å². The van der Waals surface area contributed by atoms with Gasteiger partial charge in [0.25, 0.3) is 5.91 Å². The molecule has 0 saturated heterocycles. The number of hydrogen-bond acceptors (Lipinski definition) is 5. The number of nitrogens with one attached hydrogen (secondary N) is 2. The van der Waals surface area contributed by atoms with Crippen molar-refractivity contribution in [3.8, 4) is 0 Å². The van der Waals surface area contributed by atoms with Crippen molar-refractivity contribution in [3.05, 3.63) is 46.9 Å². The molecule has 19 heavy (non-hydrogen) atoms. The Morgan fingerprint density at radius 1 is 1.26 bits per heavy atom. The van der Waals surface area contributed by atoms with E-state index in [0.29, 0.717) is 5.82 Å². The predicted octanol–water partition coefficient (Wildman–Crippen LogP) is 1.81. The van der Waals surface area contributed by atoms with Crippen LogP contribution in [0.3, 0.4) is 0 Å². The molecule has 1 aromatic carbocycles. The Morgan fingerprint density at radius 3 is 2.63 bits per heavy atom. The Bertz CT molecular complexity index is 605. The summed E-state index contributed by atoms with van der Waals surface area (Å²) >= 11 is 5.54. The zero-order valence-electron chi connectivity index (χ0n) is 9.52. The summed E-state index contributed by atoms with van der Waals surface area (Å²) in [7, 11) is 0. The maximum Gasteiger partial charge on any atom is 0.276 e. The van der Waals surface area contributed by atoms with Crippen LogP contribution in [0.1, 0.15) is 10.5 Å². The Morgan fingerprint density at radius 2 is 2.05 bits per heavy atom. The van der Waals surface area contributed by atoms with Crippen molar-refractivity contribution in [1.82, 2.24) is 10.2 Å². The summed E-state index contributed by atoms with van der Waals surface area (Å²) < 4.78 is 13.2. The molecule has 2 rings (SSSR count). The highest BCUT2D eigenvalue weighted by Gasteiger charge is 2.09. The molecule has 6 nitrogen and oxygen atoms in total. The Balaban J connectivity index is 2.13. The normalized spacial score (nSPS) is 10.1. The van der Waals surface area contributed by atoms with Gasteiger partial charge in [-0.15, -0.1) is 10.2 Å². The second-order valence-corrected chi connectivity index (χ2v) is 3.94. The van der Waals surface area contributed by atoms with E-state index in [2.05, 4.69) is 20.9 Å². The number of nitrogen functional groups attached to an aromatic ring is 1. The third-order valence-electron chi connectivity index (χ3n) is 2.22. The summed E-state index contributed by atoms with van der Waals surface area (Å²) in [6.07, 6.45) is 0. The molecule has 0 aliphatic carbocycles. The molecule has 0 bridgehead atoms. The van der Waals surface area contributed by atoms with Gasteiger partial charge in [-0.25, -0.2) is 10.2 Å².